The summed E-state index contributed by atoms with van der Waals surface area (Å²) in [6, 6.07) is 3.83. The van der Waals surface area contributed by atoms with Gasteiger partial charge in [-0.3, -0.25) is 0 Å². The van der Waals surface area contributed by atoms with Gasteiger partial charge in [-0.15, -0.1) is 0 Å². The highest BCUT2D eigenvalue weighted by Gasteiger charge is 2.23. The van der Waals surface area contributed by atoms with Crippen LogP contribution >= 0.6 is 0 Å². The van der Waals surface area contributed by atoms with Crippen molar-refractivity contribution in [1.29, 1.82) is 0 Å². The predicted octanol–water partition coefficient (Wildman–Crippen LogP) is 1.55. The molecule has 0 N–H and O–H groups in total. The van der Waals surface area contributed by atoms with Crippen molar-refractivity contribution >= 4 is 17.3 Å². The molecule has 0 atom stereocenters. The van der Waals surface area contributed by atoms with Crippen molar-refractivity contribution < 1.29 is 4.39 Å². The van der Waals surface area contributed by atoms with Crippen molar-refractivity contribution in [3.63, 3.8) is 0 Å². The Morgan fingerprint density at radius 1 is 1.08 bits per heavy atom. The van der Waals surface area contributed by atoms with Gasteiger partial charge in [0.25, 0.3) is 0 Å². The number of aryl methyl sites for hydroxylation is 1. The zero-order chi connectivity index (χ0) is 16.5. The molecule has 1 aliphatic rings. The van der Waals surface area contributed by atoms with Crippen LogP contribution in [-0.2, 0) is 6.42 Å². The molecule has 124 valence electrons. The average molecular weight is 327 g/mol. The lowest BCUT2D eigenvalue weighted by Gasteiger charge is -2.36. The quantitative estimate of drug-likeness (QED) is 0.727. The van der Waals surface area contributed by atoms with E-state index < -0.39 is 0 Å². The summed E-state index contributed by atoms with van der Waals surface area (Å²) < 4.78 is 16.2. The Balaban J connectivity index is 1.50. The van der Waals surface area contributed by atoms with Crippen molar-refractivity contribution in [3.8, 4) is 0 Å². The summed E-state index contributed by atoms with van der Waals surface area (Å²) in [5.41, 5.74) is 1.29. The third kappa shape index (κ3) is 2.53. The van der Waals surface area contributed by atoms with Crippen LogP contribution in [-0.4, -0.2) is 50.7 Å². The number of piperazine rings is 1. The zero-order valence-electron chi connectivity index (χ0n) is 13.4. The molecule has 24 heavy (non-hydrogen) atoms. The molecule has 0 bridgehead atoms. The smallest absolute Gasteiger partial charge is 0.187 e. The van der Waals surface area contributed by atoms with Crippen molar-refractivity contribution in [2.75, 3.05) is 36.0 Å². The molecule has 3 aromatic heterocycles. The molecule has 4 heterocycles. The first-order valence-electron chi connectivity index (χ1n) is 8.06. The Morgan fingerprint density at radius 2 is 1.88 bits per heavy atom. The first kappa shape index (κ1) is 14.8. The van der Waals surface area contributed by atoms with Crippen LogP contribution in [0.15, 0.2) is 30.9 Å². The van der Waals surface area contributed by atoms with Gasteiger partial charge in [0.2, 0.25) is 0 Å². The van der Waals surface area contributed by atoms with Crippen LogP contribution in [0.2, 0.25) is 0 Å². The van der Waals surface area contributed by atoms with Gasteiger partial charge in [0.05, 0.1) is 11.9 Å². The Bertz CT molecular complexity index is 855. The standard InChI is InChI=1S/C16H18FN7/c1-2-12-15(17)16(19-11-18-12)23-9-7-22(8-10-23)13-4-6-24-14(21-13)3-5-20-24/h3-6,11H,2,7-10H2,1H3. The largest absolute Gasteiger partial charge is 0.353 e. The van der Waals surface area contributed by atoms with E-state index in [1.165, 1.54) is 6.33 Å². The molecule has 1 aliphatic heterocycles. The number of hydrogen-bond acceptors (Lipinski definition) is 6. The third-order valence-corrected chi connectivity index (χ3v) is 4.32. The summed E-state index contributed by atoms with van der Waals surface area (Å²) in [5, 5.41) is 4.15. The molecule has 1 saturated heterocycles. The molecule has 7 nitrogen and oxygen atoms in total. The SMILES string of the molecule is CCc1ncnc(N2CCN(c3ccn4nccc4n3)CC2)c1F. The molecule has 4 rings (SSSR count). The first-order chi connectivity index (χ1) is 11.8. The number of rotatable bonds is 3. The van der Waals surface area contributed by atoms with Crippen LogP contribution in [0.1, 0.15) is 12.6 Å². The molecule has 0 unspecified atom stereocenters. The predicted molar refractivity (Wildman–Crippen MR) is 88.8 cm³/mol. The second kappa shape index (κ2) is 6.03. The number of nitrogens with zero attached hydrogens (tertiary/aromatic N) is 7. The van der Waals surface area contributed by atoms with Crippen LogP contribution < -0.4 is 9.80 Å². The van der Waals surface area contributed by atoms with E-state index >= 15 is 0 Å². The number of aromatic nitrogens is 5. The van der Waals surface area contributed by atoms with Gasteiger partial charge < -0.3 is 9.80 Å². The van der Waals surface area contributed by atoms with Crippen molar-refractivity contribution in [2.45, 2.75) is 13.3 Å². The molecule has 8 heteroatoms. The van der Waals surface area contributed by atoms with Gasteiger partial charge in [0.15, 0.2) is 17.3 Å². The van der Waals surface area contributed by atoms with Crippen LogP contribution in [0.3, 0.4) is 0 Å². The summed E-state index contributed by atoms with van der Waals surface area (Å²) in [6.45, 7) is 4.82. The monoisotopic (exact) mass is 327 g/mol. The molecular formula is C16H18FN7. The van der Waals surface area contributed by atoms with E-state index in [4.69, 9.17) is 0 Å². The summed E-state index contributed by atoms with van der Waals surface area (Å²) in [7, 11) is 0. The van der Waals surface area contributed by atoms with E-state index in [0.717, 1.165) is 24.6 Å². The van der Waals surface area contributed by atoms with Crippen molar-refractivity contribution in [1.82, 2.24) is 24.6 Å². The average Bonchev–Trinajstić information content (AvgIpc) is 3.10. The van der Waals surface area contributed by atoms with E-state index in [1.54, 1.807) is 10.7 Å². The van der Waals surface area contributed by atoms with Gasteiger partial charge >= 0.3 is 0 Å². The number of fused-ring (bicyclic) bond motifs is 1. The third-order valence-electron chi connectivity index (χ3n) is 4.32. The molecule has 0 amide bonds. The summed E-state index contributed by atoms with van der Waals surface area (Å²) in [5.74, 6) is 1.02. The molecule has 1 fully saturated rings. The highest BCUT2D eigenvalue weighted by atomic mass is 19.1. The minimum Gasteiger partial charge on any atom is -0.353 e. The van der Waals surface area contributed by atoms with Gasteiger partial charge in [-0.25, -0.2) is 23.9 Å². The van der Waals surface area contributed by atoms with Crippen LogP contribution in [0.4, 0.5) is 16.0 Å². The minimum absolute atomic E-state index is 0.299. The minimum atomic E-state index is -0.299. The Kier molecular flexibility index (Phi) is 3.72. The molecular weight excluding hydrogens is 309 g/mol. The fourth-order valence-electron chi connectivity index (χ4n) is 2.99. The maximum atomic E-state index is 14.4. The maximum Gasteiger partial charge on any atom is 0.187 e. The fourth-order valence-corrected chi connectivity index (χ4v) is 2.99. The van der Waals surface area contributed by atoms with Gasteiger partial charge in [-0.05, 0) is 12.5 Å². The van der Waals surface area contributed by atoms with Gasteiger partial charge in [0.1, 0.15) is 12.1 Å². The van der Waals surface area contributed by atoms with E-state index in [9.17, 15) is 4.39 Å². The van der Waals surface area contributed by atoms with Gasteiger partial charge in [0, 0.05) is 38.4 Å². The second-order valence-electron chi connectivity index (χ2n) is 5.71. The van der Waals surface area contributed by atoms with Gasteiger partial charge in [-0.1, -0.05) is 6.92 Å². The van der Waals surface area contributed by atoms with Crippen LogP contribution in [0.5, 0.6) is 0 Å². The zero-order valence-corrected chi connectivity index (χ0v) is 13.4. The lowest BCUT2D eigenvalue weighted by Crippen LogP contribution is -2.47. The Morgan fingerprint density at radius 3 is 2.67 bits per heavy atom. The maximum absolute atomic E-state index is 14.4. The molecule has 0 aromatic carbocycles. The van der Waals surface area contributed by atoms with E-state index in [1.807, 2.05) is 30.2 Å². The molecule has 0 aliphatic carbocycles. The number of anilines is 2. The fraction of sp³-hybridized carbons (Fsp3) is 0.375. The van der Waals surface area contributed by atoms with Crippen molar-refractivity contribution in [2.24, 2.45) is 0 Å². The van der Waals surface area contributed by atoms with E-state index in [-0.39, 0.29) is 5.82 Å². The van der Waals surface area contributed by atoms with E-state index in [2.05, 4.69) is 25.0 Å². The summed E-state index contributed by atoms with van der Waals surface area (Å²) >= 11 is 0. The van der Waals surface area contributed by atoms with Crippen molar-refractivity contribution in [3.05, 3.63) is 42.4 Å². The normalized spacial score (nSPS) is 15.2. The highest BCUT2D eigenvalue weighted by Crippen LogP contribution is 2.21. The first-order valence-corrected chi connectivity index (χ1v) is 8.06. The molecule has 0 spiro atoms. The summed E-state index contributed by atoms with van der Waals surface area (Å²) in [4.78, 5) is 16.9. The molecule has 0 saturated carbocycles. The van der Waals surface area contributed by atoms with Crippen LogP contribution in [0.25, 0.3) is 5.65 Å². The molecule has 3 aromatic rings. The Hall–Kier alpha value is -2.77. The highest BCUT2D eigenvalue weighted by molar-refractivity contribution is 5.50. The lowest BCUT2D eigenvalue weighted by atomic mass is 10.2. The van der Waals surface area contributed by atoms with Gasteiger partial charge in [-0.2, -0.15) is 5.10 Å². The number of hydrogen-bond donors (Lipinski definition) is 0. The Labute approximate surface area is 138 Å². The lowest BCUT2D eigenvalue weighted by molar-refractivity contribution is 0.568. The number of halogens is 1. The topological polar surface area (TPSA) is 62.5 Å². The summed E-state index contributed by atoms with van der Waals surface area (Å²) in [6.07, 6.45) is 5.64. The second-order valence-corrected chi connectivity index (χ2v) is 5.71. The van der Waals surface area contributed by atoms with E-state index in [0.29, 0.717) is 31.0 Å². The van der Waals surface area contributed by atoms with Crippen LogP contribution in [0, 0.1) is 5.82 Å². The molecule has 0 radical (unpaired) electrons.